The number of piperazine rings is 1. The van der Waals surface area contributed by atoms with Crippen LogP contribution in [0.5, 0.6) is 0 Å². The van der Waals surface area contributed by atoms with Crippen molar-refractivity contribution in [1.29, 1.82) is 0 Å². The van der Waals surface area contributed by atoms with Crippen molar-refractivity contribution in [3.8, 4) is 0 Å². The lowest BCUT2D eigenvalue weighted by molar-refractivity contribution is 0.00578. The van der Waals surface area contributed by atoms with Gasteiger partial charge in [-0.15, -0.1) is 0 Å². The third kappa shape index (κ3) is 5.65. The lowest BCUT2D eigenvalue weighted by atomic mass is 9.79. The van der Waals surface area contributed by atoms with Crippen LogP contribution >= 0.6 is 0 Å². The van der Waals surface area contributed by atoms with Crippen molar-refractivity contribution in [3.63, 3.8) is 0 Å². The molecule has 10 heteroatoms. The van der Waals surface area contributed by atoms with Gasteiger partial charge in [-0.3, -0.25) is 0 Å². The largest absolute Gasteiger partial charge is 0.494 e. The summed E-state index contributed by atoms with van der Waals surface area (Å²) in [6, 6.07) is 7.31. The Bertz CT molecular complexity index is 916. The van der Waals surface area contributed by atoms with Crippen molar-refractivity contribution in [3.05, 3.63) is 29.8 Å². The van der Waals surface area contributed by atoms with Crippen LogP contribution < -0.4 is 5.46 Å². The number of amides is 1. The third-order valence-corrected chi connectivity index (χ3v) is 7.99. The summed E-state index contributed by atoms with van der Waals surface area (Å²) in [5, 5.41) is 0. The number of benzene rings is 1. The van der Waals surface area contributed by atoms with Gasteiger partial charge in [0.05, 0.1) is 17.0 Å². The van der Waals surface area contributed by atoms with Crippen molar-refractivity contribution >= 4 is 28.7 Å². The molecule has 178 valence electrons. The first kappa shape index (κ1) is 25.0. The van der Waals surface area contributed by atoms with E-state index in [1.807, 2.05) is 60.6 Å². The van der Waals surface area contributed by atoms with E-state index >= 15 is 0 Å². The molecule has 0 radical (unpaired) electrons. The number of hydrogen-bond acceptors (Lipinski definition) is 6. The van der Waals surface area contributed by atoms with E-state index in [4.69, 9.17) is 14.0 Å². The second-order valence-electron chi connectivity index (χ2n) is 10.5. The first-order chi connectivity index (χ1) is 14.6. The molecule has 8 nitrogen and oxygen atoms in total. The lowest BCUT2D eigenvalue weighted by Gasteiger charge is -2.35. The average molecular weight is 466 g/mol. The summed E-state index contributed by atoms with van der Waals surface area (Å²) in [7, 11) is -3.98. The molecule has 0 saturated carbocycles. The predicted molar refractivity (Wildman–Crippen MR) is 124 cm³/mol. The van der Waals surface area contributed by atoms with Crippen molar-refractivity contribution in [1.82, 2.24) is 9.21 Å². The molecule has 32 heavy (non-hydrogen) atoms. The van der Waals surface area contributed by atoms with E-state index in [0.717, 1.165) is 5.46 Å². The van der Waals surface area contributed by atoms with E-state index in [1.165, 1.54) is 4.31 Å². The Morgan fingerprint density at radius 3 is 1.97 bits per heavy atom. The number of carbonyl (C=O) groups excluding carboxylic acids is 1. The molecule has 2 saturated heterocycles. The second kappa shape index (κ2) is 8.63. The standard InChI is InChI=1S/C22H35BN2O6S/c1-20(2,3)29-19(26)24-12-14-25(15-13-24)32(27,28)16-17-8-10-18(11-9-17)23-30-21(4,5)22(6,7)31-23/h8-11H,12-16H2,1-7H3. The van der Waals surface area contributed by atoms with Gasteiger partial charge in [0, 0.05) is 26.2 Å². The summed E-state index contributed by atoms with van der Waals surface area (Å²) < 4.78 is 44.7. The maximum absolute atomic E-state index is 12.9. The van der Waals surface area contributed by atoms with Gasteiger partial charge in [0.1, 0.15) is 5.60 Å². The molecular formula is C22H35BN2O6S. The van der Waals surface area contributed by atoms with Gasteiger partial charge < -0.3 is 18.9 Å². The van der Waals surface area contributed by atoms with E-state index in [2.05, 4.69) is 0 Å². The van der Waals surface area contributed by atoms with Crippen LogP contribution in [-0.2, 0) is 29.8 Å². The molecule has 1 amide bonds. The van der Waals surface area contributed by atoms with E-state index in [9.17, 15) is 13.2 Å². The van der Waals surface area contributed by atoms with Crippen molar-refractivity contribution < 1.29 is 27.3 Å². The number of sulfonamides is 1. The molecule has 2 fully saturated rings. The summed E-state index contributed by atoms with van der Waals surface area (Å²) >= 11 is 0. The quantitative estimate of drug-likeness (QED) is 0.634. The molecule has 0 N–H and O–H groups in total. The highest BCUT2D eigenvalue weighted by Gasteiger charge is 2.51. The van der Waals surface area contributed by atoms with Gasteiger partial charge in [-0.2, -0.15) is 4.31 Å². The molecule has 0 spiro atoms. The Morgan fingerprint density at radius 2 is 1.50 bits per heavy atom. The minimum Gasteiger partial charge on any atom is -0.444 e. The molecule has 2 aliphatic heterocycles. The number of hydrogen-bond donors (Lipinski definition) is 0. The zero-order valence-corrected chi connectivity index (χ0v) is 21.0. The predicted octanol–water partition coefficient (Wildman–Crippen LogP) is 2.37. The van der Waals surface area contributed by atoms with E-state index in [0.29, 0.717) is 18.7 Å². The van der Waals surface area contributed by atoms with Gasteiger partial charge in [0.25, 0.3) is 0 Å². The zero-order valence-electron chi connectivity index (χ0n) is 20.2. The third-order valence-electron chi connectivity index (χ3n) is 6.14. The van der Waals surface area contributed by atoms with Crippen molar-refractivity contribution in [2.45, 2.75) is 71.0 Å². The van der Waals surface area contributed by atoms with Crippen molar-refractivity contribution in [2.75, 3.05) is 26.2 Å². The molecule has 0 aliphatic carbocycles. The minimum absolute atomic E-state index is 0.0942. The lowest BCUT2D eigenvalue weighted by Crippen LogP contribution is -2.51. The number of carbonyl (C=O) groups is 1. The van der Waals surface area contributed by atoms with Crippen LogP contribution in [0.15, 0.2) is 24.3 Å². The van der Waals surface area contributed by atoms with E-state index in [1.54, 1.807) is 17.0 Å². The minimum atomic E-state index is -3.50. The Labute approximate surface area is 192 Å². The number of rotatable bonds is 4. The number of nitrogens with zero attached hydrogens (tertiary/aromatic N) is 2. The summed E-state index contributed by atoms with van der Waals surface area (Å²) in [5.41, 5.74) is 0.116. The van der Waals surface area contributed by atoms with Gasteiger partial charge >= 0.3 is 13.2 Å². The SMILES string of the molecule is CC(C)(C)OC(=O)N1CCN(S(=O)(=O)Cc2ccc(B3OC(C)(C)C(C)(C)O3)cc2)CC1. The van der Waals surface area contributed by atoms with Crippen LogP contribution in [0.3, 0.4) is 0 Å². The molecule has 0 bridgehead atoms. The summed E-state index contributed by atoms with van der Waals surface area (Å²) in [6.07, 6.45) is -0.409. The van der Waals surface area contributed by atoms with Crippen LogP contribution in [0.25, 0.3) is 0 Å². The summed E-state index contributed by atoms with van der Waals surface area (Å²) in [4.78, 5) is 13.7. The molecule has 0 atom stereocenters. The van der Waals surface area contributed by atoms with Gasteiger partial charge in [0.15, 0.2) is 0 Å². The van der Waals surface area contributed by atoms with E-state index < -0.39 is 40.0 Å². The molecule has 3 rings (SSSR count). The molecule has 0 unspecified atom stereocenters. The van der Waals surface area contributed by atoms with E-state index in [-0.39, 0.29) is 18.8 Å². The monoisotopic (exact) mass is 466 g/mol. The van der Waals surface area contributed by atoms with Gasteiger partial charge in [-0.25, -0.2) is 13.2 Å². The molecule has 2 aliphatic rings. The highest BCUT2D eigenvalue weighted by molar-refractivity contribution is 7.88. The van der Waals surface area contributed by atoms with Gasteiger partial charge in [-0.05, 0) is 59.5 Å². The maximum atomic E-state index is 12.9. The Morgan fingerprint density at radius 1 is 1.00 bits per heavy atom. The van der Waals surface area contributed by atoms with Crippen LogP contribution in [0.4, 0.5) is 4.79 Å². The fourth-order valence-electron chi connectivity index (χ4n) is 3.53. The smallest absolute Gasteiger partial charge is 0.444 e. The van der Waals surface area contributed by atoms with Gasteiger partial charge in [0.2, 0.25) is 10.0 Å². The summed E-state index contributed by atoms with van der Waals surface area (Å²) in [5.74, 6) is -0.0942. The fraction of sp³-hybridized carbons (Fsp3) is 0.682. The Hall–Kier alpha value is -1.62. The van der Waals surface area contributed by atoms with Crippen LogP contribution in [-0.4, -0.2) is 73.8 Å². The Balaban J connectivity index is 1.58. The van der Waals surface area contributed by atoms with Crippen LogP contribution in [0, 0.1) is 0 Å². The number of ether oxygens (including phenoxy) is 1. The topological polar surface area (TPSA) is 85.4 Å². The highest BCUT2D eigenvalue weighted by Crippen LogP contribution is 2.36. The van der Waals surface area contributed by atoms with Crippen LogP contribution in [0.2, 0.25) is 0 Å². The first-order valence-corrected chi connectivity index (χ1v) is 12.6. The molecule has 1 aromatic rings. The molecular weight excluding hydrogens is 431 g/mol. The summed E-state index contributed by atoms with van der Waals surface area (Å²) in [6.45, 7) is 14.6. The zero-order chi connectivity index (χ0) is 23.9. The first-order valence-electron chi connectivity index (χ1n) is 11.0. The molecule has 0 aromatic heterocycles. The fourth-order valence-corrected chi connectivity index (χ4v) is 5.04. The second-order valence-corrected chi connectivity index (χ2v) is 12.4. The normalized spacial score (nSPS) is 21.6. The molecule has 1 aromatic carbocycles. The Kier molecular flexibility index (Phi) is 6.74. The highest BCUT2D eigenvalue weighted by atomic mass is 32.2. The average Bonchev–Trinajstić information content (AvgIpc) is 2.88. The van der Waals surface area contributed by atoms with Gasteiger partial charge in [-0.1, -0.05) is 24.3 Å². The van der Waals surface area contributed by atoms with Crippen LogP contribution in [0.1, 0.15) is 54.0 Å². The van der Waals surface area contributed by atoms with Crippen molar-refractivity contribution in [2.24, 2.45) is 0 Å². The molecule has 2 heterocycles. The maximum Gasteiger partial charge on any atom is 0.494 e.